The van der Waals surface area contributed by atoms with E-state index in [1.807, 2.05) is 0 Å². The van der Waals surface area contributed by atoms with E-state index >= 15 is 0 Å². The molecule has 0 radical (unpaired) electrons. The fourth-order valence-electron chi connectivity index (χ4n) is 8.74. The van der Waals surface area contributed by atoms with Crippen molar-refractivity contribution in [3.63, 3.8) is 0 Å². The Morgan fingerprint density at radius 1 is 0.356 bits per heavy atom. The number of fused-ring (bicyclic) bond motifs is 4. The Labute approximate surface area is 348 Å². The maximum atomic E-state index is 7.29. The molecule has 8 aromatic rings. The quantitative estimate of drug-likeness (QED) is 0.151. The van der Waals surface area contributed by atoms with E-state index in [2.05, 4.69) is 226 Å². The zero-order valence-electron chi connectivity index (χ0n) is 34.5. The van der Waals surface area contributed by atoms with Crippen LogP contribution in [0.2, 0.25) is 0 Å². The van der Waals surface area contributed by atoms with Crippen molar-refractivity contribution < 1.29 is 4.74 Å². The maximum Gasteiger partial charge on any atom is 0.256 e. The third-order valence-electron chi connectivity index (χ3n) is 11.9. The van der Waals surface area contributed by atoms with Gasteiger partial charge in [-0.3, -0.25) is 0 Å². The number of hydrogen-bond acceptors (Lipinski definition) is 4. The predicted molar refractivity (Wildman–Crippen MR) is 250 cm³/mol. The topological polar surface area (TPSA) is 19.0 Å². The number of benzene rings is 8. The second kappa shape index (κ2) is 14.4. The minimum Gasteiger partial charge on any atom is -0.458 e. The SMILES string of the molecule is Cc1ccc(N(c2ccc(C)cc2)c2ccc3c(c2)Oc2cc(N(c4ccc(C)cc4)c4ccc(C)cc4)cc4c2B3c2ccc(C)cc2N4c2ccc(C)cc2)cc1. The molecule has 0 spiro atoms. The second-order valence-electron chi connectivity index (χ2n) is 16.4. The van der Waals surface area contributed by atoms with E-state index < -0.39 is 0 Å². The summed E-state index contributed by atoms with van der Waals surface area (Å²) in [5.41, 5.74) is 20.8. The van der Waals surface area contributed by atoms with Crippen LogP contribution in [0, 0.1) is 41.5 Å². The zero-order valence-corrected chi connectivity index (χ0v) is 34.5. The van der Waals surface area contributed by atoms with Crippen molar-refractivity contribution in [1.29, 1.82) is 0 Å². The third-order valence-corrected chi connectivity index (χ3v) is 11.9. The molecular weight excluding hydrogens is 717 g/mol. The second-order valence-corrected chi connectivity index (χ2v) is 16.4. The van der Waals surface area contributed by atoms with Gasteiger partial charge >= 0.3 is 0 Å². The number of anilines is 9. The molecule has 0 amide bonds. The molecule has 10 rings (SSSR count). The monoisotopic (exact) mass is 763 g/mol. The lowest BCUT2D eigenvalue weighted by Gasteiger charge is -2.41. The lowest BCUT2D eigenvalue weighted by Crippen LogP contribution is -2.59. The molecule has 2 aliphatic heterocycles. The molecule has 0 aromatic heterocycles. The molecular formula is C54H46BN3O. The van der Waals surface area contributed by atoms with Gasteiger partial charge in [0.25, 0.3) is 6.71 Å². The first-order valence-electron chi connectivity index (χ1n) is 20.5. The minimum absolute atomic E-state index is 0.0384. The van der Waals surface area contributed by atoms with Crippen molar-refractivity contribution in [3.05, 3.63) is 203 Å². The average molecular weight is 764 g/mol. The molecule has 0 atom stereocenters. The maximum absolute atomic E-state index is 7.29. The van der Waals surface area contributed by atoms with Crippen LogP contribution in [-0.4, -0.2) is 6.71 Å². The lowest BCUT2D eigenvalue weighted by atomic mass is 9.34. The van der Waals surface area contributed by atoms with Gasteiger partial charge in [0.15, 0.2) is 0 Å². The average Bonchev–Trinajstić information content (AvgIpc) is 3.24. The molecule has 0 aliphatic carbocycles. The Morgan fingerprint density at radius 2 is 0.763 bits per heavy atom. The Kier molecular flexibility index (Phi) is 8.90. The van der Waals surface area contributed by atoms with E-state index in [-0.39, 0.29) is 6.71 Å². The van der Waals surface area contributed by atoms with E-state index in [0.717, 1.165) is 62.5 Å². The first-order chi connectivity index (χ1) is 28.7. The molecule has 2 aliphatic rings. The van der Waals surface area contributed by atoms with Crippen LogP contribution in [0.4, 0.5) is 51.2 Å². The summed E-state index contributed by atoms with van der Waals surface area (Å²) in [7, 11) is 0. The minimum atomic E-state index is -0.0384. The summed E-state index contributed by atoms with van der Waals surface area (Å²) in [5.74, 6) is 1.72. The summed E-state index contributed by atoms with van der Waals surface area (Å²) in [6, 6.07) is 62.4. The van der Waals surface area contributed by atoms with Gasteiger partial charge in [-0.15, -0.1) is 0 Å². The van der Waals surface area contributed by atoms with Gasteiger partial charge in [-0.05, 0) is 142 Å². The molecule has 0 saturated heterocycles. The molecule has 286 valence electrons. The van der Waals surface area contributed by atoms with Crippen molar-refractivity contribution in [2.75, 3.05) is 14.7 Å². The summed E-state index contributed by atoms with van der Waals surface area (Å²) in [6.45, 7) is 12.8. The molecule has 0 N–H and O–H groups in total. The van der Waals surface area contributed by atoms with E-state index in [1.165, 1.54) is 50.0 Å². The van der Waals surface area contributed by atoms with Gasteiger partial charge in [-0.2, -0.15) is 0 Å². The highest BCUT2D eigenvalue weighted by Crippen LogP contribution is 2.47. The van der Waals surface area contributed by atoms with E-state index in [1.54, 1.807) is 0 Å². The predicted octanol–water partition coefficient (Wildman–Crippen LogP) is 12.9. The summed E-state index contributed by atoms with van der Waals surface area (Å²) < 4.78 is 7.29. The van der Waals surface area contributed by atoms with Crippen LogP contribution in [0.3, 0.4) is 0 Å². The number of ether oxygens (including phenoxy) is 1. The summed E-state index contributed by atoms with van der Waals surface area (Å²) in [4.78, 5) is 7.13. The number of aryl methyl sites for hydroxylation is 6. The highest BCUT2D eigenvalue weighted by molar-refractivity contribution is 6.99. The highest BCUT2D eigenvalue weighted by Gasteiger charge is 2.43. The number of nitrogens with zero attached hydrogens (tertiary/aromatic N) is 3. The zero-order chi connectivity index (χ0) is 40.4. The van der Waals surface area contributed by atoms with Gasteiger partial charge in [0.05, 0.1) is 5.69 Å². The van der Waals surface area contributed by atoms with Crippen LogP contribution >= 0.6 is 0 Å². The fraction of sp³-hybridized carbons (Fsp3) is 0.111. The Morgan fingerprint density at radius 3 is 1.27 bits per heavy atom. The van der Waals surface area contributed by atoms with Gasteiger partial charge in [0.1, 0.15) is 11.5 Å². The molecule has 59 heavy (non-hydrogen) atoms. The molecule has 2 heterocycles. The van der Waals surface area contributed by atoms with Gasteiger partial charge in [-0.1, -0.05) is 107 Å². The van der Waals surface area contributed by atoms with Crippen LogP contribution in [0.1, 0.15) is 33.4 Å². The molecule has 0 saturated carbocycles. The smallest absolute Gasteiger partial charge is 0.256 e. The first-order valence-corrected chi connectivity index (χ1v) is 20.5. The van der Waals surface area contributed by atoms with Crippen molar-refractivity contribution in [1.82, 2.24) is 0 Å². The van der Waals surface area contributed by atoms with Crippen molar-refractivity contribution in [3.8, 4) is 11.5 Å². The lowest BCUT2D eigenvalue weighted by molar-refractivity contribution is 0.488. The van der Waals surface area contributed by atoms with Crippen LogP contribution in [0.5, 0.6) is 11.5 Å². The highest BCUT2D eigenvalue weighted by atomic mass is 16.5. The van der Waals surface area contributed by atoms with Crippen molar-refractivity contribution >= 4 is 74.3 Å². The van der Waals surface area contributed by atoms with Crippen molar-refractivity contribution in [2.45, 2.75) is 41.5 Å². The standard InChI is InChI=1S/C54H46BN3O/c1-35-7-18-41(19-8-35)56(42-20-9-36(2)10-21-42)46-28-30-49-52(33-46)59-53-34-47(57(43-22-11-37(3)12-23-43)44-24-13-38(4)14-25-44)32-51-54(53)55(49)48-29-17-40(6)31-50(48)58(51)45-26-15-39(5)16-27-45/h7-34H,1-6H3. The normalized spacial score (nSPS) is 12.3. The van der Waals surface area contributed by atoms with Crippen LogP contribution < -0.4 is 35.8 Å². The van der Waals surface area contributed by atoms with Gasteiger partial charge in [-0.25, -0.2) is 0 Å². The van der Waals surface area contributed by atoms with Crippen LogP contribution in [0.15, 0.2) is 170 Å². The molecule has 0 bridgehead atoms. The molecule has 4 nitrogen and oxygen atoms in total. The van der Waals surface area contributed by atoms with Gasteiger partial charge in [0.2, 0.25) is 0 Å². The Bertz CT molecular complexity index is 2760. The molecule has 5 heteroatoms. The molecule has 8 aromatic carbocycles. The van der Waals surface area contributed by atoms with Gasteiger partial charge < -0.3 is 19.4 Å². The van der Waals surface area contributed by atoms with E-state index in [4.69, 9.17) is 4.74 Å². The summed E-state index contributed by atoms with van der Waals surface area (Å²) in [6.07, 6.45) is 0. The Balaban J connectivity index is 1.22. The number of rotatable bonds is 7. The number of hydrogen-bond donors (Lipinski definition) is 0. The first kappa shape index (κ1) is 36.4. The van der Waals surface area contributed by atoms with Gasteiger partial charge in [0, 0.05) is 57.6 Å². The van der Waals surface area contributed by atoms with Crippen molar-refractivity contribution in [2.24, 2.45) is 0 Å². The summed E-state index contributed by atoms with van der Waals surface area (Å²) >= 11 is 0. The third kappa shape index (κ3) is 6.53. The summed E-state index contributed by atoms with van der Waals surface area (Å²) in [5, 5.41) is 0. The fourth-order valence-corrected chi connectivity index (χ4v) is 8.74. The largest absolute Gasteiger partial charge is 0.458 e. The van der Waals surface area contributed by atoms with E-state index in [0.29, 0.717) is 0 Å². The molecule has 0 unspecified atom stereocenters. The van der Waals surface area contributed by atoms with Crippen LogP contribution in [-0.2, 0) is 0 Å². The van der Waals surface area contributed by atoms with E-state index in [9.17, 15) is 0 Å². The molecule has 0 fully saturated rings. The van der Waals surface area contributed by atoms with Crippen LogP contribution in [0.25, 0.3) is 0 Å². The Hall–Kier alpha value is -6.98.